The first-order valence-corrected chi connectivity index (χ1v) is 11.8. The minimum atomic E-state index is -0.294. The molecular weight excluding hydrogens is 424 g/mol. The number of hydrogen-bond acceptors (Lipinski definition) is 5. The number of Topliss-reactive ketones (excluding diaryl/α,β-unsaturated/α-hetero) is 1. The highest BCUT2D eigenvalue weighted by Crippen LogP contribution is 2.45. The van der Waals surface area contributed by atoms with Crippen LogP contribution in [0.1, 0.15) is 49.8 Å². The Labute approximate surface area is 200 Å². The fourth-order valence-corrected chi connectivity index (χ4v) is 4.96. The third kappa shape index (κ3) is 4.26. The number of rotatable bonds is 5. The number of carbonyl (C=O) groups excluding carboxylic acids is 1. The van der Waals surface area contributed by atoms with Crippen molar-refractivity contribution in [2.24, 2.45) is 0 Å². The first kappa shape index (κ1) is 22.1. The van der Waals surface area contributed by atoms with Crippen molar-refractivity contribution in [3.63, 3.8) is 0 Å². The van der Waals surface area contributed by atoms with Gasteiger partial charge >= 0.3 is 0 Å². The SMILES string of the molecule is COc1ccccc1C1Nc2ccccc2NC2=C1C(=O)CC(c1ccc(OC(C)C)cc1)C2. The molecule has 1 heterocycles. The van der Waals surface area contributed by atoms with Crippen molar-refractivity contribution in [1.29, 1.82) is 0 Å². The first-order valence-electron chi connectivity index (χ1n) is 11.8. The van der Waals surface area contributed by atoms with Crippen molar-refractivity contribution in [3.8, 4) is 11.5 Å². The summed E-state index contributed by atoms with van der Waals surface area (Å²) < 4.78 is 11.5. The summed E-state index contributed by atoms with van der Waals surface area (Å²) in [6.07, 6.45) is 1.35. The Kier molecular flexibility index (Phi) is 6.01. The Balaban J connectivity index is 1.54. The van der Waals surface area contributed by atoms with Crippen molar-refractivity contribution in [2.45, 2.75) is 44.8 Å². The van der Waals surface area contributed by atoms with Gasteiger partial charge in [0.1, 0.15) is 11.5 Å². The number of methoxy groups -OCH3 is 1. The zero-order valence-electron chi connectivity index (χ0n) is 19.8. The van der Waals surface area contributed by atoms with E-state index in [0.29, 0.717) is 6.42 Å². The van der Waals surface area contributed by atoms with Gasteiger partial charge < -0.3 is 20.1 Å². The molecule has 174 valence electrons. The van der Waals surface area contributed by atoms with Gasteiger partial charge in [-0.25, -0.2) is 0 Å². The molecule has 2 unspecified atom stereocenters. The van der Waals surface area contributed by atoms with Gasteiger partial charge in [-0.3, -0.25) is 4.79 Å². The normalized spacial score (nSPS) is 19.5. The van der Waals surface area contributed by atoms with Gasteiger partial charge in [0, 0.05) is 23.3 Å². The lowest BCUT2D eigenvalue weighted by molar-refractivity contribution is -0.116. The topological polar surface area (TPSA) is 59.6 Å². The van der Waals surface area contributed by atoms with E-state index < -0.39 is 0 Å². The molecule has 0 amide bonds. The average Bonchev–Trinajstić information content (AvgIpc) is 3.01. The minimum absolute atomic E-state index is 0.107. The largest absolute Gasteiger partial charge is 0.496 e. The number of hydrogen-bond donors (Lipinski definition) is 2. The molecule has 5 heteroatoms. The van der Waals surface area contributed by atoms with E-state index in [1.54, 1.807) is 7.11 Å². The number of para-hydroxylation sites is 3. The van der Waals surface area contributed by atoms with Crippen LogP contribution in [0.4, 0.5) is 11.4 Å². The zero-order chi connectivity index (χ0) is 23.7. The zero-order valence-corrected chi connectivity index (χ0v) is 19.8. The van der Waals surface area contributed by atoms with Crippen LogP contribution in [0.3, 0.4) is 0 Å². The second kappa shape index (κ2) is 9.26. The smallest absolute Gasteiger partial charge is 0.163 e. The number of anilines is 2. The Bertz CT molecular complexity index is 1230. The molecule has 3 aromatic carbocycles. The van der Waals surface area contributed by atoms with E-state index in [9.17, 15) is 4.79 Å². The lowest BCUT2D eigenvalue weighted by Gasteiger charge is -2.30. The van der Waals surface area contributed by atoms with Crippen molar-refractivity contribution < 1.29 is 14.3 Å². The highest BCUT2D eigenvalue weighted by molar-refractivity contribution is 6.01. The predicted molar refractivity (Wildman–Crippen MR) is 136 cm³/mol. The molecule has 34 heavy (non-hydrogen) atoms. The van der Waals surface area contributed by atoms with E-state index >= 15 is 0 Å². The Morgan fingerprint density at radius 2 is 1.59 bits per heavy atom. The molecule has 1 aliphatic heterocycles. The summed E-state index contributed by atoms with van der Waals surface area (Å²) in [6, 6.07) is 23.9. The number of fused-ring (bicyclic) bond motifs is 1. The van der Waals surface area contributed by atoms with Crippen molar-refractivity contribution in [2.75, 3.05) is 17.7 Å². The maximum absolute atomic E-state index is 13.7. The first-order chi connectivity index (χ1) is 16.5. The van der Waals surface area contributed by atoms with Gasteiger partial charge in [0.2, 0.25) is 0 Å². The van der Waals surface area contributed by atoms with Crippen LogP contribution >= 0.6 is 0 Å². The Hall–Kier alpha value is -3.73. The van der Waals surface area contributed by atoms with Crippen molar-refractivity contribution in [1.82, 2.24) is 0 Å². The summed E-state index contributed by atoms with van der Waals surface area (Å²) in [5.74, 6) is 1.87. The van der Waals surface area contributed by atoms with Crippen LogP contribution in [-0.4, -0.2) is 19.0 Å². The summed E-state index contributed by atoms with van der Waals surface area (Å²) >= 11 is 0. The van der Waals surface area contributed by atoms with Crippen LogP contribution in [0.25, 0.3) is 0 Å². The lowest BCUT2D eigenvalue weighted by Crippen LogP contribution is -2.27. The third-order valence-electron chi connectivity index (χ3n) is 6.48. The summed E-state index contributed by atoms with van der Waals surface area (Å²) in [5.41, 5.74) is 5.80. The van der Waals surface area contributed by atoms with Crippen LogP contribution in [0, 0.1) is 0 Å². The highest BCUT2D eigenvalue weighted by atomic mass is 16.5. The van der Waals surface area contributed by atoms with E-state index in [1.807, 2.05) is 74.5 Å². The summed E-state index contributed by atoms with van der Waals surface area (Å²) in [5, 5.41) is 7.22. The maximum atomic E-state index is 13.7. The molecule has 5 nitrogen and oxygen atoms in total. The predicted octanol–water partition coefficient (Wildman–Crippen LogP) is 6.46. The molecule has 0 saturated heterocycles. The molecule has 1 aliphatic carbocycles. The van der Waals surface area contributed by atoms with Crippen LogP contribution in [0.5, 0.6) is 11.5 Å². The van der Waals surface area contributed by atoms with Crippen molar-refractivity contribution >= 4 is 17.2 Å². The summed E-state index contributed by atoms with van der Waals surface area (Å²) in [7, 11) is 1.67. The molecule has 0 radical (unpaired) electrons. The average molecular weight is 455 g/mol. The summed E-state index contributed by atoms with van der Waals surface area (Å²) in [4.78, 5) is 13.7. The van der Waals surface area contributed by atoms with Gasteiger partial charge in [-0.05, 0) is 62.1 Å². The second-order valence-corrected chi connectivity index (χ2v) is 9.15. The van der Waals surface area contributed by atoms with E-state index in [0.717, 1.165) is 51.7 Å². The summed E-state index contributed by atoms with van der Waals surface area (Å²) in [6.45, 7) is 4.03. The van der Waals surface area contributed by atoms with Gasteiger partial charge in [0.15, 0.2) is 5.78 Å². The minimum Gasteiger partial charge on any atom is -0.496 e. The molecule has 0 spiro atoms. The van der Waals surface area contributed by atoms with E-state index in [2.05, 4.69) is 22.8 Å². The van der Waals surface area contributed by atoms with Crippen LogP contribution in [0.2, 0.25) is 0 Å². The fourth-order valence-electron chi connectivity index (χ4n) is 4.96. The molecule has 5 rings (SSSR count). The molecule has 0 bridgehead atoms. The second-order valence-electron chi connectivity index (χ2n) is 9.15. The van der Waals surface area contributed by atoms with Gasteiger partial charge in [-0.1, -0.05) is 42.5 Å². The lowest BCUT2D eigenvalue weighted by atomic mass is 9.78. The van der Waals surface area contributed by atoms with Gasteiger partial charge in [-0.15, -0.1) is 0 Å². The third-order valence-corrected chi connectivity index (χ3v) is 6.48. The molecule has 0 saturated carbocycles. The van der Waals surface area contributed by atoms with Crippen molar-refractivity contribution in [3.05, 3.63) is 95.2 Å². The standard InChI is InChI=1S/C29H30N2O3/c1-18(2)34-21-14-12-19(13-15-21)20-16-25-28(26(32)17-20)29(22-8-4-7-11-27(22)33-3)31-24-10-6-5-9-23(24)30-25/h4-15,18,20,29-31H,16-17H2,1-3H3. The quantitative estimate of drug-likeness (QED) is 0.463. The Morgan fingerprint density at radius 1 is 0.882 bits per heavy atom. The number of ether oxygens (including phenoxy) is 2. The monoisotopic (exact) mass is 454 g/mol. The van der Waals surface area contributed by atoms with Gasteiger partial charge in [0.05, 0.1) is 30.6 Å². The Morgan fingerprint density at radius 3 is 2.32 bits per heavy atom. The molecule has 2 N–H and O–H groups in total. The molecule has 2 aliphatic rings. The number of nitrogens with one attached hydrogen (secondary N) is 2. The number of benzene rings is 3. The van der Waals surface area contributed by atoms with E-state index in [4.69, 9.17) is 9.47 Å². The molecule has 0 fully saturated rings. The molecule has 2 atom stereocenters. The number of ketones is 1. The molecule has 3 aromatic rings. The highest BCUT2D eigenvalue weighted by Gasteiger charge is 2.37. The number of allylic oxidation sites excluding steroid dienone is 1. The fraction of sp³-hybridized carbons (Fsp3) is 0.276. The van der Waals surface area contributed by atoms with E-state index in [-0.39, 0.29) is 23.8 Å². The maximum Gasteiger partial charge on any atom is 0.163 e. The van der Waals surface area contributed by atoms with Crippen LogP contribution in [-0.2, 0) is 4.79 Å². The van der Waals surface area contributed by atoms with Crippen LogP contribution < -0.4 is 20.1 Å². The van der Waals surface area contributed by atoms with Gasteiger partial charge in [-0.2, -0.15) is 0 Å². The molecule has 0 aromatic heterocycles. The van der Waals surface area contributed by atoms with Crippen LogP contribution in [0.15, 0.2) is 84.1 Å². The van der Waals surface area contributed by atoms with Gasteiger partial charge in [0.25, 0.3) is 0 Å². The van der Waals surface area contributed by atoms with E-state index in [1.165, 1.54) is 0 Å². The molecular formula is C29H30N2O3. The number of carbonyl (C=O) groups is 1.